The first-order valence-electron chi connectivity index (χ1n) is 10.1. The van der Waals surface area contributed by atoms with Gasteiger partial charge in [0, 0.05) is 28.4 Å². The number of fused-ring (bicyclic) bond motifs is 1. The molecule has 0 saturated heterocycles. The summed E-state index contributed by atoms with van der Waals surface area (Å²) in [7, 11) is 0. The molecule has 0 radical (unpaired) electrons. The number of hydrogen-bond acceptors (Lipinski definition) is 4. The van der Waals surface area contributed by atoms with Crippen LogP contribution in [-0.4, -0.2) is 30.5 Å². The van der Waals surface area contributed by atoms with Crippen LogP contribution in [0.2, 0.25) is 5.02 Å². The van der Waals surface area contributed by atoms with E-state index in [1.54, 1.807) is 29.2 Å². The van der Waals surface area contributed by atoms with Crippen molar-refractivity contribution < 1.29 is 9.18 Å². The highest BCUT2D eigenvalue weighted by Gasteiger charge is 2.27. The summed E-state index contributed by atoms with van der Waals surface area (Å²) in [6.07, 6.45) is 7.31. The number of aromatic nitrogens is 5. The molecule has 7 nitrogen and oxygen atoms in total. The Kier molecular flexibility index (Phi) is 4.94. The maximum Gasteiger partial charge on any atom is 0.246 e. The van der Waals surface area contributed by atoms with Gasteiger partial charge < -0.3 is 5.32 Å². The van der Waals surface area contributed by atoms with E-state index in [-0.39, 0.29) is 19.0 Å². The van der Waals surface area contributed by atoms with Crippen LogP contribution in [0.15, 0.2) is 42.9 Å². The lowest BCUT2D eigenvalue weighted by molar-refractivity contribution is -0.116. The molecule has 1 N–H and O–H groups in total. The van der Waals surface area contributed by atoms with Gasteiger partial charge in [0.1, 0.15) is 12.4 Å². The molecule has 3 heterocycles. The number of aryl methyl sites for hydroxylation is 1. The number of rotatable bonds is 6. The molecule has 0 unspecified atom stereocenters. The van der Waals surface area contributed by atoms with E-state index in [0.717, 1.165) is 16.7 Å². The van der Waals surface area contributed by atoms with Crippen LogP contribution in [0.3, 0.4) is 0 Å². The molecule has 3 aromatic heterocycles. The first-order chi connectivity index (χ1) is 15.0. The fourth-order valence-electron chi connectivity index (χ4n) is 3.85. The second kappa shape index (κ2) is 7.77. The van der Waals surface area contributed by atoms with E-state index in [1.807, 2.05) is 6.92 Å². The van der Waals surface area contributed by atoms with Crippen molar-refractivity contribution in [3.05, 3.63) is 70.5 Å². The van der Waals surface area contributed by atoms with Crippen LogP contribution in [0.25, 0.3) is 11.0 Å². The fourth-order valence-corrected chi connectivity index (χ4v) is 4.07. The molecule has 1 aliphatic rings. The number of carbonyl (C=O) groups is 1. The second-order valence-corrected chi connectivity index (χ2v) is 8.20. The Morgan fingerprint density at radius 1 is 1.32 bits per heavy atom. The Balaban J connectivity index is 1.30. The van der Waals surface area contributed by atoms with Crippen LogP contribution >= 0.6 is 11.6 Å². The molecular weight excluding hydrogens is 419 g/mol. The molecule has 5 rings (SSSR count). The zero-order chi connectivity index (χ0) is 21.5. The van der Waals surface area contributed by atoms with Crippen molar-refractivity contribution in [3.8, 4) is 0 Å². The number of nitrogens with one attached hydrogen (secondary N) is 1. The number of amides is 1. The molecule has 158 valence electrons. The minimum Gasteiger partial charge on any atom is -0.322 e. The maximum absolute atomic E-state index is 14.0. The third-order valence-corrected chi connectivity index (χ3v) is 5.80. The van der Waals surface area contributed by atoms with Crippen molar-refractivity contribution in [2.24, 2.45) is 0 Å². The van der Waals surface area contributed by atoms with Gasteiger partial charge in [-0.05, 0) is 49.4 Å². The zero-order valence-corrected chi connectivity index (χ0v) is 17.6. The van der Waals surface area contributed by atoms with Crippen LogP contribution in [0.5, 0.6) is 0 Å². The van der Waals surface area contributed by atoms with Crippen molar-refractivity contribution in [3.63, 3.8) is 0 Å². The Bertz CT molecular complexity index is 1270. The highest BCUT2D eigenvalue weighted by atomic mass is 35.5. The van der Waals surface area contributed by atoms with Crippen molar-refractivity contribution in [2.45, 2.75) is 38.8 Å². The molecule has 1 amide bonds. The first-order valence-corrected chi connectivity index (χ1v) is 10.4. The molecule has 0 spiro atoms. The number of nitrogens with zero attached hydrogens (tertiary/aromatic N) is 5. The fraction of sp³-hybridized carbons (Fsp3) is 0.273. The summed E-state index contributed by atoms with van der Waals surface area (Å²) in [5.41, 5.74) is 3.73. The summed E-state index contributed by atoms with van der Waals surface area (Å²) in [6, 6.07) is 6.59. The predicted molar refractivity (Wildman–Crippen MR) is 116 cm³/mol. The highest BCUT2D eigenvalue weighted by molar-refractivity contribution is 6.31. The molecule has 0 atom stereocenters. The number of hydrogen-bond donors (Lipinski definition) is 1. The lowest BCUT2D eigenvalue weighted by Crippen LogP contribution is -2.19. The van der Waals surface area contributed by atoms with Gasteiger partial charge in [0.2, 0.25) is 5.91 Å². The molecule has 1 aliphatic carbocycles. The van der Waals surface area contributed by atoms with E-state index < -0.39 is 5.82 Å². The van der Waals surface area contributed by atoms with Gasteiger partial charge in [-0.1, -0.05) is 17.7 Å². The van der Waals surface area contributed by atoms with Gasteiger partial charge in [-0.15, -0.1) is 0 Å². The molecule has 0 bridgehead atoms. The first kappa shape index (κ1) is 19.7. The molecule has 31 heavy (non-hydrogen) atoms. The summed E-state index contributed by atoms with van der Waals surface area (Å²) in [5, 5.41) is 12.9. The molecule has 1 aromatic carbocycles. The van der Waals surface area contributed by atoms with E-state index in [9.17, 15) is 9.18 Å². The van der Waals surface area contributed by atoms with Gasteiger partial charge in [0.15, 0.2) is 5.65 Å². The molecule has 4 aromatic rings. The van der Waals surface area contributed by atoms with E-state index in [0.29, 0.717) is 22.2 Å². The topological polar surface area (TPSA) is 77.6 Å². The number of halogens is 2. The van der Waals surface area contributed by atoms with Gasteiger partial charge in [-0.2, -0.15) is 10.2 Å². The summed E-state index contributed by atoms with van der Waals surface area (Å²) < 4.78 is 17.2. The van der Waals surface area contributed by atoms with Crippen LogP contribution in [-0.2, 0) is 17.9 Å². The summed E-state index contributed by atoms with van der Waals surface area (Å²) in [5.74, 6) is -0.0662. The molecule has 0 aliphatic heterocycles. The number of anilines is 1. The average Bonchev–Trinajstić information content (AvgIpc) is 3.42. The van der Waals surface area contributed by atoms with Gasteiger partial charge in [-0.3, -0.25) is 9.48 Å². The van der Waals surface area contributed by atoms with Crippen LogP contribution in [0.4, 0.5) is 10.1 Å². The van der Waals surface area contributed by atoms with E-state index in [2.05, 4.69) is 26.6 Å². The van der Waals surface area contributed by atoms with Crippen LogP contribution in [0.1, 0.15) is 35.6 Å². The third-order valence-electron chi connectivity index (χ3n) is 5.45. The van der Waals surface area contributed by atoms with E-state index in [4.69, 9.17) is 11.6 Å². The number of pyridine rings is 1. The third kappa shape index (κ3) is 3.90. The van der Waals surface area contributed by atoms with Gasteiger partial charge >= 0.3 is 0 Å². The average molecular weight is 439 g/mol. The quantitative estimate of drug-likeness (QED) is 0.487. The Morgan fingerprint density at radius 2 is 2.16 bits per heavy atom. The normalized spacial score (nSPS) is 13.6. The van der Waals surface area contributed by atoms with Crippen LogP contribution < -0.4 is 5.32 Å². The number of benzene rings is 1. The Labute approximate surface area is 182 Å². The standard InChI is InChI=1S/C22H20ClFN6O/c1-13-21-16(14-5-6-14)7-8-25-22(21)30(28-13)12-20(31)27-15-9-26-29(10-15)11-17-18(23)3-2-4-19(17)24/h2-4,7-10,14H,5-6,11-12H2,1H3,(H,27,31). The Hall–Kier alpha value is -3.26. The summed E-state index contributed by atoms with van der Waals surface area (Å²) in [4.78, 5) is 17.1. The maximum atomic E-state index is 14.0. The SMILES string of the molecule is Cc1nn(CC(=O)Nc2cnn(Cc3c(F)cccc3Cl)c2)c2nccc(C3CC3)c12. The predicted octanol–water partition coefficient (Wildman–Crippen LogP) is 4.29. The monoisotopic (exact) mass is 438 g/mol. The molecule has 1 fully saturated rings. The molecule has 9 heteroatoms. The second-order valence-electron chi connectivity index (χ2n) is 7.79. The van der Waals surface area contributed by atoms with E-state index >= 15 is 0 Å². The van der Waals surface area contributed by atoms with Crippen molar-refractivity contribution in [1.29, 1.82) is 0 Å². The minimum absolute atomic E-state index is 0.0375. The zero-order valence-electron chi connectivity index (χ0n) is 16.8. The van der Waals surface area contributed by atoms with Crippen molar-refractivity contribution >= 4 is 34.2 Å². The smallest absolute Gasteiger partial charge is 0.246 e. The molecular formula is C22H20ClFN6O. The van der Waals surface area contributed by atoms with Crippen molar-refractivity contribution in [1.82, 2.24) is 24.5 Å². The van der Waals surface area contributed by atoms with E-state index in [1.165, 1.54) is 35.4 Å². The van der Waals surface area contributed by atoms with Gasteiger partial charge in [0.25, 0.3) is 0 Å². The summed E-state index contributed by atoms with van der Waals surface area (Å²) in [6.45, 7) is 2.15. The lowest BCUT2D eigenvalue weighted by atomic mass is 10.1. The van der Waals surface area contributed by atoms with Gasteiger partial charge in [-0.25, -0.2) is 14.1 Å². The Morgan fingerprint density at radius 3 is 2.94 bits per heavy atom. The minimum atomic E-state index is -0.396. The highest BCUT2D eigenvalue weighted by Crippen LogP contribution is 2.43. The largest absolute Gasteiger partial charge is 0.322 e. The van der Waals surface area contributed by atoms with Crippen molar-refractivity contribution in [2.75, 3.05) is 5.32 Å². The van der Waals surface area contributed by atoms with Crippen LogP contribution in [0, 0.1) is 12.7 Å². The van der Waals surface area contributed by atoms with Gasteiger partial charge in [0.05, 0.1) is 24.1 Å². The number of carbonyl (C=O) groups excluding carboxylic acids is 1. The summed E-state index contributed by atoms with van der Waals surface area (Å²) >= 11 is 6.08. The molecule has 1 saturated carbocycles. The lowest BCUT2D eigenvalue weighted by Gasteiger charge is -2.06.